The second-order valence-corrected chi connectivity index (χ2v) is 8.30. The van der Waals surface area contributed by atoms with Crippen LogP contribution in [0.5, 0.6) is 0 Å². The number of piperidine rings is 1. The summed E-state index contributed by atoms with van der Waals surface area (Å²) < 4.78 is 0. The van der Waals surface area contributed by atoms with Crippen molar-refractivity contribution in [3.05, 3.63) is 54.3 Å². The molecule has 3 N–H and O–H groups in total. The zero-order valence-corrected chi connectivity index (χ0v) is 18.3. The van der Waals surface area contributed by atoms with Crippen LogP contribution in [0.25, 0.3) is 10.6 Å². The third kappa shape index (κ3) is 5.56. The predicted molar refractivity (Wildman–Crippen MR) is 124 cm³/mol. The van der Waals surface area contributed by atoms with E-state index in [0.29, 0.717) is 11.9 Å². The van der Waals surface area contributed by atoms with E-state index in [2.05, 4.69) is 42.7 Å². The van der Waals surface area contributed by atoms with Crippen LogP contribution in [0.4, 0.5) is 16.4 Å². The predicted octanol–water partition coefficient (Wildman–Crippen LogP) is 3.72. The number of pyridine rings is 2. The number of carbonyl (C=O) groups excluding carboxylic acids is 1. The molecule has 0 aromatic carbocycles. The minimum atomic E-state index is -0.270. The molecule has 31 heavy (non-hydrogen) atoms. The van der Waals surface area contributed by atoms with E-state index in [0.717, 1.165) is 48.7 Å². The van der Waals surface area contributed by atoms with Gasteiger partial charge in [0.15, 0.2) is 0 Å². The van der Waals surface area contributed by atoms with Gasteiger partial charge in [-0.25, -0.2) is 14.8 Å². The number of hydrogen-bond donors (Lipinski definition) is 3. The SMILES string of the molecule is CCCNC1CCN(c2ccccn2)C(NC(=O)Nc2csc(-c3ccncc3)n2)C1. The first kappa shape index (κ1) is 21.2. The van der Waals surface area contributed by atoms with Crippen molar-refractivity contribution < 1.29 is 4.79 Å². The minimum Gasteiger partial charge on any atom is -0.336 e. The molecule has 3 aromatic heterocycles. The van der Waals surface area contributed by atoms with E-state index in [1.54, 1.807) is 18.6 Å². The third-order valence-corrected chi connectivity index (χ3v) is 6.09. The third-order valence-electron chi connectivity index (χ3n) is 5.20. The van der Waals surface area contributed by atoms with Crippen molar-refractivity contribution in [3.8, 4) is 10.6 Å². The molecule has 8 nitrogen and oxygen atoms in total. The maximum Gasteiger partial charge on any atom is 0.322 e. The van der Waals surface area contributed by atoms with Gasteiger partial charge in [-0.1, -0.05) is 13.0 Å². The lowest BCUT2D eigenvalue weighted by atomic mass is 10.0. The van der Waals surface area contributed by atoms with E-state index in [4.69, 9.17) is 0 Å². The Kier molecular flexibility index (Phi) is 7.06. The Morgan fingerprint density at radius 1 is 1.23 bits per heavy atom. The lowest BCUT2D eigenvalue weighted by Gasteiger charge is -2.40. The Morgan fingerprint density at radius 2 is 2.10 bits per heavy atom. The van der Waals surface area contributed by atoms with Crippen LogP contribution in [0.15, 0.2) is 54.3 Å². The molecular weight excluding hydrogens is 410 g/mol. The van der Waals surface area contributed by atoms with Gasteiger partial charge in [-0.05, 0) is 43.7 Å². The molecule has 2 atom stereocenters. The molecule has 2 amide bonds. The van der Waals surface area contributed by atoms with Crippen molar-refractivity contribution in [2.75, 3.05) is 23.3 Å². The number of hydrogen-bond acceptors (Lipinski definition) is 7. The fourth-order valence-electron chi connectivity index (χ4n) is 3.70. The first-order chi connectivity index (χ1) is 15.2. The summed E-state index contributed by atoms with van der Waals surface area (Å²) in [7, 11) is 0. The number of urea groups is 1. The number of amides is 2. The molecule has 3 aromatic rings. The Labute approximate surface area is 186 Å². The molecule has 0 saturated carbocycles. The van der Waals surface area contributed by atoms with Gasteiger partial charge in [-0.3, -0.25) is 10.3 Å². The number of nitrogens with one attached hydrogen (secondary N) is 3. The fourth-order valence-corrected chi connectivity index (χ4v) is 4.45. The van der Waals surface area contributed by atoms with Crippen molar-refractivity contribution in [3.63, 3.8) is 0 Å². The highest BCUT2D eigenvalue weighted by atomic mass is 32.1. The molecular formula is C22H27N7OS. The Hall–Kier alpha value is -3.04. The van der Waals surface area contributed by atoms with Gasteiger partial charge >= 0.3 is 6.03 Å². The number of aromatic nitrogens is 3. The number of thiazole rings is 1. The van der Waals surface area contributed by atoms with E-state index in [1.165, 1.54) is 11.3 Å². The summed E-state index contributed by atoms with van der Waals surface area (Å²) in [6.07, 6.45) is 7.99. The van der Waals surface area contributed by atoms with Crippen molar-refractivity contribution in [1.29, 1.82) is 0 Å². The zero-order chi connectivity index (χ0) is 21.5. The molecule has 162 valence electrons. The standard InChI is InChI=1S/C22H27N7OS/c1-2-9-24-17-8-13-29(19-5-3-4-10-25-19)20(14-17)28-22(30)27-18-15-31-21(26-18)16-6-11-23-12-7-16/h3-7,10-12,15,17,20,24H,2,8-9,13-14H2,1H3,(H2,27,28,30). The monoisotopic (exact) mass is 437 g/mol. The summed E-state index contributed by atoms with van der Waals surface area (Å²) in [5, 5.41) is 12.3. The van der Waals surface area contributed by atoms with E-state index >= 15 is 0 Å². The van der Waals surface area contributed by atoms with Gasteiger partial charge < -0.3 is 15.5 Å². The van der Waals surface area contributed by atoms with Crippen molar-refractivity contribution in [1.82, 2.24) is 25.6 Å². The molecule has 2 unspecified atom stereocenters. The number of nitrogens with zero attached hydrogens (tertiary/aromatic N) is 4. The van der Waals surface area contributed by atoms with Crippen LogP contribution in [0.3, 0.4) is 0 Å². The van der Waals surface area contributed by atoms with E-state index in [1.807, 2.05) is 35.7 Å². The van der Waals surface area contributed by atoms with E-state index < -0.39 is 0 Å². The van der Waals surface area contributed by atoms with Gasteiger partial charge in [0.2, 0.25) is 0 Å². The van der Waals surface area contributed by atoms with Gasteiger partial charge in [-0.15, -0.1) is 11.3 Å². The second-order valence-electron chi connectivity index (χ2n) is 7.44. The van der Waals surface area contributed by atoms with Crippen LogP contribution >= 0.6 is 11.3 Å². The molecule has 0 bridgehead atoms. The maximum absolute atomic E-state index is 12.8. The Morgan fingerprint density at radius 3 is 2.87 bits per heavy atom. The molecule has 1 aliphatic heterocycles. The van der Waals surface area contributed by atoms with Crippen molar-refractivity contribution in [2.24, 2.45) is 0 Å². The van der Waals surface area contributed by atoms with Gasteiger partial charge in [0.1, 0.15) is 22.8 Å². The Balaban J connectivity index is 1.42. The van der Waals surface area contributed by atoms with Crippen LogP contribution in [-0.2, 0) is 0 Å². The maximum atomic E-state index is 12.8. The van der Waals surface area contributed by atoms with Gasteiger partial charge in [0.05, 0.1) is 0 Å². The number of anilines is 2. The van der Waals surface area contributed by atoms with Crippen LogP contribution in [0.1, 0.15) is 26.2 Å². The summed E-state index contributed by atoms with van der Waals surface area (Å²) in [6.45, 7) is 3.96. The molecule has 0 radical (unpaired) electrons. The summed E-state index contributed by atoms with van der Waals surface area (Å²) in [4.78, 5) is 28.0. The highest BCUT2D eigenvalue weighted by Gasteiger charge is 2.30. The van der Waals surface area contributed by atoms with Crippen molar-refractivity contribution in [2.45, 2.75) is 38.4 Å². The lowest BCUT2D eigenvalue weighted by Crippen LogP contribution is -2.57. The Bertz CT molecular complexity index is 966. The minimum absolute atomic E-state index is 0.156. The summed E-state index contributed by atoms with van der Waals surface area (Å²) in [5.41, 5.74) is 0.979. The van der Waals surface area contributed by atoms with Crippen LogP contribution in [0.2, 0.25) is 0 Å². The number of carbonyl (C=O) groups is 1. The van der Waals surface area contributed by atoms with E-state index in [9.17, 15) is 4.79 Å². The fraction of sp³-hybridized carbons (Fsp3) is 0.364. The first-order valence-electron chi connectivity index (χ1n) is 10.6. The average Bonchev–Trinajstić information content (AvgIpc) is 3.27. The smallest absolute Gasteiger partial charge is 0.322 e. The highest BCUT2D eigenvalue weighted by molar-refractivity contribution is 7.13. The summed E-state index contributed by atoms with van der Waals surface area (Å²) in [5.74, 6) is 1.41. The zero-order valence-electron chi connectivity index (χ0n) is 17.5. The molecule has 4 rings (SSSR count). The molecule has 1 fully saturated rings. The molecule has 9 heteroatoms. The summed E-state index contributed by atoms with van der Waals surface area (Å²) >= 11 is 1.49. The van der Waals surface area contributed by atoms with Gasteiger partial charge in [0.25, 0.3) is 0 Å². The molecule has 0 aliphatic carbocycles. The van der Waals surface area contributed by atoms with Crippen molar-refractivity contribution >= 4 is 29.0 Å². The van der Waals surface area contributed by atoms with Crippen LogP contribution < -0.4 is 20.9 Å². The topological polar surface area (TPSA) is 95.1 Å². The quantitative estimate of drug-likeness (QED) is 0.522. The molecule has 0 spiro atoms. The normalized spacial score (nSPS) is 18.5. The highest BCUT2D eigenvalue weighted by Crippen LogP contribution is 2.26. The summed E-state index contributed by atoms with van der Waals surface area (Å²) in [6, 6.07) is 9.75. The molecule has 1 aliphatic rings. The molecule has 1 saturated heterocycles. The second kappa shape index (κ2) is 10.3. The lowest BCUT2D eigenvalue weighted by molar-refractivity contribution is 0.241. The van der Waals surface area contributed by atoms with Gasteiger partial charge in [-0.2, -0.15) is 0 Å². The van der Waals surface area contributed by atoms with Crippen LogP contribution in [0, 0.1) is 0 Å². The van der Waals surface area contributed by atoms with E-state index in [-0.39, 0.29) is 12.2 Å². The van der Waals surface area contributed by atoms with Crippen LogP contribution in [-0.4, -0.2) is 46.3 Å². The first-order valence-corrected chi connectivity index (χ1v) is 11.5. The largest absolute Gasteiger partial charge is 0.336 e. The molecule has 4 heterocycles. The number of rotatable bonds is 7. The van der Waals surface area contributed by atoms with Gasteiger partial charge in [0, 0.05) is 48.5 Å². The average molecular weight is 438 g/mol.